The van der Waals surface area contributed by atoms with Crippen LogP contribution in [0.2, 0.25) is 0 Å². The highest BCUT2D eigenvalue weighted by Crippen LogP contribution is 2.41. The quantitative estimate of drug-likeness (QED) is 0.127. The molecule has 0 saturated carbocycles. The summed E-state index contributed by atoms with van der Waals surface area (Å²) in [5, 5.41) is 0. The first-order valence-corrected chi connectivity index (χ1v) is 20.9. The summed E-state index contributed by atoms with van der Waals surface area (Å²) in [6, 6.07) is 48.8. The molecule has 60 heavy (non-hydrogen) atoms. The molecule has 10 heteroatoms. The number of ether oxygens (including phenoxy) is 9. The molecule has 0 radical (unpaired) electrons. The summed E-state index contributed by atoms with van der Waals surface area (Å²) < 4.78 is 55.1. The third kappa shape index (κ3) is 10.2. The van der Waals surface area contributed by atoms with E-state index in [0.717, 1.165) is 22.3 Å². The Bertz CT molecular complexity index is 2040. The average molecular weight is 815 g/mol. The number of carbonyl (C=O) groups is 1. The van der Waals surface area contributed by atoms with Gasteiger partial charge in [-0.15, -0.1) is 0 Å². The van der Waals surface area contributed by atoms with E-state index in [2.05, 4.69) is 26.0 Å². The van der Waals surface area contributed by atoms with Gasteiger partial charge < -0.3 is 42.6 Å². The minimum atomic E-state index is -0.746. The van der Waals surface area contributed by atoms with E-state index < -0.39 is 24.7 Å². The lowest BCUT2D eigenvalue weighted by atomic mass is 9.84. The Labute approximate surface area is 352 Å². The molecule has 0 N–H and O–H groups in total. The molecule has 0 bridgehead atoms. The normalized spacial score (nSPS) is 31.1. The van der Waals surface area contributed by atoms with Crippen molar-refractivity contribution >= 4 is 5.97 Å². The zero-order valence-electron chi connectivity index (χ0n) is 34.3. The van der Waals surface area contributed by atoms with Crippen LogP contribution in [-0.2, 0) is 55.8 Å². The monoisotopic (exact) mass is 814 g/mol. The summed E-state index contributed by atoms with van der Waals surface area (Å²) in [6.45, 7) is 8.17. The molecule has 0 aliphatic carbocycles. The second-order valence-electron chi connectivity index (χ2n) is 15.8. The molecule has 4 fully saturated rings. The maximum atomic E-state index is 12.9. The van der Waals surface area contributed by atoms with Gasteiger partial charge in [0, 0.05) is 23.0 Å². The molecular weight excluding hydrogens is 761 g/mol. The lowest BCUT2D eigenvalue weighted by Crippen LogP contribution is -2.59. The molecule has 0 amide bonds. The first-order valence-electron chi connectivity index (χ1n) is 20.9. The summed E-state index contributed by atoms with van der Waals surface area (Å²) >= 11 is 0. The number of carbonyl (C=O) groups excluding carboxylic acids is 1. The highest BCUT2D eigenvalue weighted by molar-refractivity contribution is 5.89. The predicted molar refractivity (Wildman–Crippen MR) is 223 cm³/mol. The van der Waals surface area contributed by atoms with Crippen molar-refractivity contribution in [2.75, 3.05) is 13.2 Å². The van der Waals surface area contributed by atoms with Crippen LogP contribution in [0.4, 0.5) is 0 Å². The lowest BCUT2D eigenvalue weighted by Gasteiger charge is -2.48. The van der Waals surface area contributed by atoms with Crippen LogP contribution in [0.3, 0.4) is 0 Å². The van der Waals surface area contributed by atoms with Crippen molar-refractivity contribution in [1.82, 2.24) is 0 Å². The molecule has 314 valence electrons. The number of benzene rings is 5. The van der Waals surface area contributed by atoms with Crippen LogP contribution in [0.25, 0.3) is 0 Å². The third-order valence-electron chi connectivity index (χ3n) is 11.7. The topological polar surface area (TPSA) is 100 Å². The van der Waals surface area contributed by atoms with Gasteiger partial charge in [-0.25, -0.2) is 4.79 Å². The maximum Gasteiger partial charge on any atom is 0.338 e. The molecule has 4 aliphatic heterocycles. The Morgan fingerprint density at radius 2 is 0.917 bits per heavy atom. The van der Waals surface area contributed by atoms with Gasteiger partial charge in [-0.05, 0) is 29.2 Å². The lowest BCUT2D eigenvalue weighted by molar-refractivity contribution is -0.352. The molecule has 0 spiro atoms. The summed E-state index contributed by atoms with van der Waals surface area (Å²) in [7, 11) is 0. The largest absolute Gasteiger partial charge is 0.453 e. The van der Waals surface area contributed by atoms with E-state index in [4.69, 9.17) is 42.6 Å². The molecule has 10 nitrogen and oxygen atoms in total. The number of hydrogen-bond donors (Lipinski definition) is 0. The van der Waals surface area contributed by atoms with E-state index in [1.165, 1.54) is 0 Å². The second-order valence-corrected chi connectivity index (χ2v) is 15.8. The van der Waals surface area contributed by atoms with Crippen molar-refractivity contribution in [1.29, 1.82) is 0 Å². The van der Waals surface area contributed by atoms with Gasteiger partial charge in [-0.3, -0.25) is 0 Å². The standard InChI is InChI=1S/C28H28O6.C22H26O4/c1-19-24-23(18-31-27(34-24)22-15-9-4-10-16-22)32-28(30-17-20-11-5-2-6-12-20)25(19)33-26(29)21-13-7-3-8-14-21;1-15-16(2)21(23-13-17-9-5-3-6-10-17)25-19-14-24-22(26-20(15)19)18-11-7-4-8-12-18/h2-16,19,23-25,27-28H,17-18H2,1H3;3-12,15-16,19-22H,13-14H2,1-2H3/t19-,23?,24-,25?,27?,28+;15-,16?,19?,20+,21-,22?/m01/s1. The van der Waals surface area contributed by atoms with Crippen molar-refractivity contribution in [3.63, 3.8) is 0 Å². The maximum absolute atomic E-state index is 12.9. The van der Waals surface area contributed by atoms with Gasteiger partial charge in [-0.1, -0.05) is 160 Å². The van der Waals surface area contributed by atoms with Crippen molar-refractivity contribution in [3.8, 4) is 0 Å². The Kier molecular flexibility index (Phi) is 14.1. The minimum Gasteiger partial charge on any atom is -0.453 e. The summed E-state index contributed by atoms with van der Waals surface area (Å²) in [6.07, 6.45) is -3.18. The van der Waals surface area contributed by atoms with Gasteiger partial charge in [0.2, 0.25) is 0 Å². The fourth-order valence-corrected chi connectivity index (χ4v) is 8.11. The molecule has 4 heterocycles. The molecular formula is C50H54O10. The fourth-order valence-electron chi connectivity index (χ4n) is 8.11. The number of esters is 1. The van der Waals surface area contributed by atoms with Gasteiger partial charge in [0.25, 0.3) is 0 Å². The molecule has 4 aliphatic rings. The molecule has 5 aromatic carbocycles. The molecule has 5 aromatic rings. The van der Waals surface area contributed by atoms with E-state index >= 15 is 0 Å². The summed E-state index contributed by atoms with van der Waals surface area (Å²) in [4.78, 5) is 12.9. The van der Waals surface area contributed by atoms with Crippen molar-refractivity contribution in [2.45, 2.75) is 89.7 Å². The molecule has 9 rings (SSSR count). The van der Waals surface area contributed by atoms with E-state index in [-0.39, 0.29) is 48.8 Å². The first kappa shape index (κ1) is 42.0. The Hall–Kier alpha value is -4.75. The highest BCUT2D eigenvalue weighted by atomic mass is 16.8. The molecule has 4 saturated heterocycles. The van der Waals surface area contributed by atoms with Crippen LogP contribution >= 0.6 is 0 Å². The molecule has 6 unspecified atom stereocenters. The number of rotatable bonds is 10. The SMILES string of the molecule is CC1[C@H](OCc2ccccc2)OC2COC(c3ccccc3)O[C@H]2[C@@H]1C.C[C@@H]1C(OC(=O)c2ccccc2)[C@H](OCc2ccccc2)OC2COC(c3ccccc3)O[C@H]21. The Balaban J connectivity index is 0.000000172. The summed E-state index contributed by atoms with van der Waals surface area (Å²) in [5.74, 6) is -0.0269. The predicted octanol–water partition coefficient (Wildman–Crippen LogP) is 9.22. The van der Waals surface area contributed by atoms with E-state index in [1.807, 2.05) is 134 Å². The van der Waals surface area contributed by atoms with Crippen LogP contribution in [0.15, 0.2) is 152 Å². The first-order chi connectivity index (χ1) is 29.4. The average Bonchev–Trinajstić information content (AvgIpc) is 3.31. The fraction of sp³-hybridized carbons (Fsp3) is 0.380. The summed E-state index contributed by atoms with van der Waals surface area (Å²) in [5.41, 5.74) is 4.63. The van der Waals surface area contributed by atoms with Crippen LogP contribution in [0.1, 0.15) is 66.0 Å². The second kappa shape index (κ2) is 20.2. The Morgan fingerprint density at radius 1 is 0.500 bits per heavy atom. The van der Waals surface area contributed by atoms with E-state index in [0.29, 0.717) is 37.9 Å². The van der Waals surface area contributed by atoms with Gasteiger partial charge in [-0.2, -0.15) is 0 Å². The van der Waals surface area contributed by atoms with Gasteiger partial charge >= 0.3 is 5.97 Å². The van der Waals surface area contributed by atoms with Crippen molar-refractivity contribution < 1.29 is 47.4 Å². The zero-order valence-corrected chi connectivity index (χ0v) is 34.3. The van der Waals surface area contributed by atoms with Gasteiger partial charge in [0.1, 0.15) is 12.2 Å². The van der Waals surface area contributed by atoms with Gasteiger partial charge in [0.05, 0.1) is 44.2 Å². The van der Waals surface area contributed by atoms with E-state index in [1.54, 1.807) is 12.1 Å². The zero-order chi connectivity index (χ0) is 41.3. The van der Waals surface area contributed by atoms with Crippen LogP contribution in [0, 0.1) is 17.8 Å². The van der Waals surface area contributed by atoms with E-state index in [9.17, 15) is 4.79 Å². The number of hydrogen-bond acceptors (Lipinski definition) is 10. The third-order valence-corrected chi connectivity index (χ3v) is 11.7. The van der Waals surface area contributed by atoms with Crippen LogP contribution in [-0.4, -0.2) is 62.3 Å². The van der Waals surface area contributed by atoms with Crippen LogP contribution < -0.4 is 0 Å². The Morgan fingerprint density at radius 3 is 1.42 bits per heavy atom. The smallest absolute Gasteiger partial charge is 0.338 e. The van der Waals surface area contributed by atoms with Crippen molar-refractivity contribution in [2.24, 2.45) is 17.8 Å². The van der Waals surface area contributed by atoms with Gasteiger partial charge in [0.15, 0.2) is 31.3 Å². The highest BCUT2D eigenvalue weighted by Gasteiger charge is 2.50. The van der Waals surface area contributed by atoms with Crippen LogP contribution in [0.5, 0.6) is 0 Å². The van der Waals surface area contributed by atoms with Crippen molar-refractivity contribution in [3.05, 3.63) is 179 Å². The molecule has 0 aromatic heterocycles. The number of fused-ring (bicyclic) bond motifs is 2. The minimum absolute atomic E-state index is 0.0144. The molecule has 12 atom stereocenters.